The number of nitrogens with zero attached hydrogens (tertiary/aromatic N) is 3. The second-order valence-electron chi connectivity index (χ2n) is 7.13. The van der Waals surface area contributed by atoms with Crippen molar-refractivity contribution in [2.45, 2.75) is 64.7 Å². The fraction of sp³-hybridized carbons (Fsp3) is 0.650. The number of halogens is 1. The van der Waals surface area contributed by atoms with Crippen LogP contribution in [0.15, 0.2) is 12.3 Å². The Morgan fingerprint density at radius 3 is 2.54 bits per heavy atom. The quantitative estimate of drug-likeness (QED) is 0.366. The molecule has 7 nitrogen and oxygen atoms in total. The molecule has 0 aromatic carbocycles. The normalized spacial score (nSPS) is 16.6. The molecule has 8 heteroatoms. The van der Waals surface area contributed by atoms with Gasteiger partial charge in [0.25, 0.3) is 0 Å². The molecule has 28 heavy (non-hydrogen) atoms. The zero-order valence-electron chi connectivity index (χ0n) is 16.7. The predicted octanol–water partition coefficient (Wildman–Crippen LogP) is 4.38. The number of hydrogen-bond acceptors (Lipinski definition) is 6. The van der Waals surface area contributed by atoms with Crippen LogP contribution in [0, 0.1) is 0 Å². The summed E-state index contributed by atoms with van der Waals surface area (Å²) in [6, 6.07) is 1.99. The summed E-state index contributed by atoms with van der Waals surface area (Å²) in [5.74, 6) is -0.290. The highest BCUT2D eigenvalue weighted by atomic mass is 35.5. The molecule has 0 unspecified atom stereocenters. The fourth-order valence-corrected chi connectivity index (χ4v) is 4.19. The minimum Gasteiger partial charge on any atom is -0.463 e. The van der Waals surface area contributed by atoms with Gasteiger partial charge in [0.2, 0.25) is 5.28 Å². The van der Waals surface area contributed by atoms with Crippen molar-refractivity contribution in [1.29, 1.82) is 0 Å². The Morgan fingerprint density at radius 2 is 1.93 bits per heavy atom. The number of hydrogen-bond donors (Lipinski definition) is 0. The molecule has 2 aromatic rings. The van der Waals surface area contributed by atoms with E-state index < -0.39 is 11.8 Å². The minimum atomic E-state index is -0.542. The zero-order chi connectivity index (χ0) is 20.1. The highest BCUT2D eigenvalue weighted by molar-refractivity contribution is 6.28. The van der Waals surface area contributed by atoms with Crippen molar-refractivity contribution < 1.29 is 19.0 Å². The maximum absolute atomic E-state index is 11.6. The molecule has 0 atom stereocenters. The molecule has 2 aromatic heterocycles. The van der Waals surface area contributed by atoms with Crippen LogP contribution in [0.2, 0.25) is 5.28 Å². The van der Waals surface area contributed by atoms with Gasteiger partial charge in [-0.2, -0.15) is 4.98 Å². The number of ether oxygens (including phenoxy) is 3. The van der Waals surface area contributed by atoms with Gasteiger partial charge in [0.15, 0.2) is 6.29 Å². The highest BCUT2D eigenvalue weighted by Gasteiger charge is 2.39. The van der Waals surface area contributed by atoms with E-state index in [1.54, 1.807) is 6.20 Å². The van der Waals surface area contributed by atoms with Crippen LogP contribution < -0.4 is 0 Å². The molecule has 1 aliphatic carbocycles. The SMILES string of the molecule is CCOC(OCC)c1cc2cnc(Cl)nc2n1C1(COC(C)=O)CCCCC1. The molecule has 0 saturated heterocycles. The van der Waals surface area contributed by atoms with Gasteiger partial charge in [0.1, 0.15) is 12.3 Å². The third kappa shape index (κ3) is 4.31. The van der Waals surface area contributed by atoms with Crippen LogP contribution in [0.4, 0.5) is 0 Å². The van der Waals surface area contributed by atoms with Crippen LogP contribution >= 0.6 is 11.6 Å². The molecular formula is C20H28ClN3O4. The van der Waals surface area contributed by atoms with Crippen molar-refractivity contribution in [3.05, 3.63) is 23.2 Å². The Balaban J connectivity index is 2.20. The second-order valence-corrected chi connectivity index (χ2v) is 7.47. The number of rotatable bonds is 8. The van der Waals surface area contributed by atoms with E-state index in [-0.39, 0.29) is 17.9 Å². The molecule has 1 fully saturated rings. The molecule has 0 bridgehead atoms. The van der Waals surface area contributed by atoms with Crippen molar-refractivity contribution >= 4 is 28.6 Å². The van der Waals surface area contributed by atoms with E-state index in [0.29, 0.717) is 18.9 Å². The van der Waals surface area contributed by atoms with Crippen molar-refractivity contribution in [3.8, 4) is 0 Å². The van der Waals surface area contributed by atoms with Gasteiger partial charge in [-0.25, -0.2) is 4.98 Å². The van der Waals surface area contributed by atoms with E-state index >= 15 is 0 Å². The van der Waals surface area contributed by atoms with Crippen LogP contribution in [0.25, 0.3) is 11.0 Å². The maximum atomic E-state index is 11.6. The molecule has 154 valence electrons. The second kappa shape index (κ2) is 9.20. The molecule has 0 spiro atoms. The van der Waals surface area contributed by atoms with Gasteiger partial charge in [-0.05, 0) is 44.4 Å². The molecule has 1 saturated carbocycles. The summed E-state index contributed by atoms with van der Waals surface area (Å²) >= 11 is 6.13. The Bertz CT molecular complexity index is 811. The first-order valence-corrected chi connectivity index (χ1v) is 10.3. The zero-order valence-corrected chi connectivity index (χ0v) is 17.5. The largest absolute Gasteiger partial charge is 0.463 e. The lowest BCUT2D eigenvalue weighted by Crippen LogP contribution is -2.42. The molecule has 0 aliphatic heterocycles. The first-order chi connectivity index (χ1) is 13.5. The predicted molar refractivity (Wildman–Crippen MR) is 106 cm³/mol. The number of aromatic nitrogens is 3. The Morgan fingerprint density at radius 1 is 1.25 bits per heavy atom. The van der Waals surface area contributed by atoms with Crippen molar-refractivity contribution in [1.82, 2.24) is 14.5 Å². The van der Waals surface area contributed by atoms with Crippen molar-refractivity contribution in [2.75, 3.05) is 19.8 Å². The molecule has 3 rings (SSSR count). The van der Waals surface area contributed by atoms with E-state index in [1.807, 2.05) is 19.9 Å². The highest BCUT2D eigenvalue weighted by Crippen LogP contribution is 2.41. The first-order valence-electron chi connectivity index (χ1n) is 9.91. The molecule has 0 radical (unpaired) electrons. The van der Waals surface area contributed by atoms with Gasteiger partial charge in [-0.1, -0.05) is 19.3 Å². The number of fused-ring (bicyclic) bond motifs is 1. The first kappa shape index (κ1) is 21.0. The van der Waals surface area contributed by atoms with E-state index in [1.165, 1.54) is 6.92 Å². The van der Waals surface area contributed by atoms with Crippen molar-refractivity contribution in [3.63, 3.8) is 0 Å². The summed E-state index contributed by atoms with van der Waals surface area (Å²) < 4.78 is 19.5. The molecule has 2 heterocycles. The molecule has 0 amide bonds. The summed E-state index contributed by atoms with van der Waals surface area (Å²) in [5, 5.41) is 1.04. The summed E-state index contributed by atoms with van der Waals surface area (Å²) in [6.07, 6.45) is 6.18. The maximum Gasteiger partial charge on any atom is 0.302 e. The van der Waals surface area contributed by atoms with Gasteiger partial charge in [0.05, 0.1) is 11.2 Å². The fourth-order valence-electron chi connectivity index (χ4n) is 4.06. The van der Waals surface area contributed by atoms with Crippen LogP contribution in [0.5, 0.6) is 0 Å². The van der Waals surface area contributed by atoms with Gasteiger partial charge in [0, 0.05) is 31.7 Å². The topological polar surface area (TPSA) is 75.5 Å². The Labute approximate surface area is 170 Å². The Kier molecular flexibility index (Phi) is 6.91. The van der Waals surface area contributed by atoms with Crippen LogP contribution in [-0.2, 0) is 24.5 Å². The monoisotopic (exact) mass is 409 g/mol. The molecule has 1 aliphatic rings. The summed E-state index contributed by atoms with van der Waals surface area (Å²) in [6.45, 7) is 6.61. The lowest BCUT2D eigenvalue weighted by atomic mass is 9.81. The lowest BCUT2D eigenvalue weighted by molar-refractivity contribution is -0.150. The smallest absolute Gasteiger partial charge is 0.302 e. The van der Waals surface area contributed by atoms with E-state index in [9.17, 15) is 4.79 Å². The van der Waals surface area contributed by atoms with Gasteiger partial charge < -0.3 is 18.8 Å². The van der Waals surface area contributed by atoms with E-state index in [0.717, 1.165) is 43.2 Å². The minimum absolute atomic E-state index is 0.182. The van der Waals surface area contributed by atoms with E-state index in [2.05, 4.69) is 14.5 Å². The van der Waals surface area contributed by atoms with Gasteiger partial charge >= 0.3 is 5.97 Å². The van der Waals surface area contributed by atoms with Gasteiger partial charge in [-0.15, -0.1) is 0 Å². The number of carbonyl (C=O) groups excluding carboxylic acids is 1. The summed E-state index contributed by atoms with van der Waals surface area (Å²) in [4.78, 5) is 20.3. The average molecular weight is 410 g/mol. The average Bonchev–Trinajstić information content (AvgIpc) is 3.06. The van der Waals surface area contributed by atoms with E-state index in [4.69, 9.17) is 25.8 Å². The summed E-state index contributed by atoms with van der Waals surface area (Å²) in [5.41, 5.74) is 1.16. The summed E-state index contributed by atoms with van der Waals surface area (Å²) in [7, 11) is 0. The third-order valence-corrected chi connectivity index (χ3v) is 5.40. The molecular weight excluding hydrogens is 382 g/mol. The Hall–Kier alpha value is -1.70. The standard InChI is InChI=1S/C20H28ClN3O4/c1-4-26-18(27-5-2)16-11-15-12-22-19(21)23-17(15)24(16)20(13-28-14(3)25)9-7-6-8-10-20/h11-12,18H,4-10,13H2,1-3H3. The van der Waals surface area contributed by atoms with Crippen LogP contribution in [-0.4, -0.2) is 40.3 Å². The number of esters is 1. The number of carbonyl (C=O) groups is 1. The lowest BCUT2D eigenvalue weighted by Gasteiger charge is -2.40. The third-order valence-electron chi connectivity index (χ3n) is 5.22. The van der Waals surface area contributed by atoms with Crippen LogP contribution in [0.1, 0.15) is 64.9 Å². The van der Waals surface area contributed by atoms with Gasteiger partial charge in [-0.3, -0.25) is 4.79 Å². The molecule has 0 N–H and O–H groups in total. The van der Waals surface area contributed by atoms with Crippen LogP contribution in [0.3, 0.4) is 0 Å². The van der Waals surface area contributed by atoms with Crippen molar-refractivity contribution in [2.24, 2.45) is 0 Å².